The standard InChI is InChI=1S/C18H23N5O2S/c24-17(15-11-20-22-16(15)13-4-2-1-3-5-13)19-10-14-12-26-18(21-14)23-6-8-25-9-7-23/h1-5,12,15-16,20,22H,6-11H2,(H,19,24). The molecule has 2 fully saturated rings. The number of nitrogens with zero attached hydrogens (tertiary/aromatic N) is 2. The van der Waals surface area contributed by atoms with E-state index in [0.717, 1.165) is 42.7 Å². The third-order valence-corrected chi connectivity index (χ3v) is 5.69. The first-order chi connectivity index (χ1) is 12.8. The number of amides is 1. The molecular weight excluding hydrogens is 350 g/mol. The van der Waals surface area contributed by atoms with Crippen molar-refractivity contribution in [1.82, 2.24) is 21.2 Å². The number of benzene rings is 1. The van der Waals surface area contributed by atoms with E-state index in [1.165, 1.54) is 0 Å². The summed E-state index contributed by atoms with van der Waals surface area (Å²) >= 11 is 1.62. The van der Waals surface area contributed by atoms with Crippen LogP contribution in [0.2, 0.25) is 0 Å². The number of aromatic nitrogens is 1. The van der Waals surface area contributed by atoms with Gasteiger partial charge in [0.05, 0.1) is 37.4 Å². The lowest BCUT2D eigenvalue weighted by molar-refractivity contribution is -0.125. The summed E-state index contributed by atoms with van der Waals surface area (Å²) in [6.45, 7) is 4.30. The van der Waals surface area contributed by atoms with E-state index < -0.39 is 0 Å². The van der Waals surface area contributed by atoms with Crippen molar-refractivity contribution in [1.29, 1.82) is 0 Å². The van der Waals surface area contributed by atoms with Gasteiger partial charge < -0.3 is 15.0 Å². The van der Waals surface area contributed by atoms with Crippen molar-refractivity contribution in [2.24, 2.45) is 5.92 Å². The SMILES string of the molecule is O=C(NCc1csc(N2CCOCC2)n1)C1CNNC1c1ccccc1. The van der Waals surface area contributed by atoms with Gasteiger partial charge in [-0.3, -0.25) is 10.2 Å². The predicted molar refractivity (Wildman–Crippen MR) is 101 cm³/mol. The van der Waals surface area contributed by atoms with Crippen molar-refractivity contribution < 1.29 is 9.53 Å². The number of anilines is 1. The fraction of sp³-hybridized carbons (Fsp3) is 0.444. The molecule has 2 aliphatic heterocycles. The van der Waals surface area contributed by atoms with Crippen LogP contribution >= 0.6 is 11.3 Å². The molecule has 8 heteroatoms. The van der Waals surface area contributed by atoms with Gasteiger partial charge in [0.1, 0.15) is 0 Å². The van der Waals surface area contributed by atoms with Gasteiger partial charge in [0, 0.05) is 25.0 Å². The van der Waals surface area contributed by atoms with Gasteiger partial charge in [-0.15, -0.1) is 11.3 Å². The van der Waals surface area contributed by atoms with Crippen LogP contribution in [0.5, 0.6) is 0 Å². The minimum atomic E-state index is -0.144. The topological polar surface area (TPSA) is 78.5 Å². The Hall–Kier alpha value is -2.00. The van der Waals surface area contributed by atoms with Gasteiger partial charge in [0.15, 0.2) is 5.13 Å². The van der Waals surface area contributed by atoms with Gasteiger partial charge in [-0.25, -0.2) is 10.4 Å². The largest absolute Gasteiger partial charge is 0.378 e. The van der Waals surface area contributed by atoms with Gasteiger partial charge >= 0.3 is 0 Å². The number of morpholine rings is 1. The van der Waals surface area contributed by atoms with E-state index in [4.69, 9.17) is 4.74 Å². The van der Waals surface area contributed by atoms with Crippen molar-refractivity contribution in [3.05, 3.63) is 47.0 Å². The number of ether oxygens (including phenoxy) is 1. The number of hydrogen-bond donors (Lipinski definition) is 3. The first-order valence-corrected chi connectivity index (χ1v) is 9.77. The molecule has 0 bridgehead atoms. The zero-order valence-electron chi connectivity index (χ0n) is 14.5. The molecule has 0 aliphatic carbocycles. The lowest BCUT2D eigenvalue weighted by atomic mass is 9.94. The average molecular weight is 373 g/mol. The van der Waals surface area contributed by atoms with Crippen LogP contribution < -0.4 is 21.1 Å². The summed E-state index contributed by atoms with van der Waals surface area (Å²) in [7, 11) is 0. The van der Waals surface area contributed by atoms with Crippen LogP contribution in [0, 0.1) is 5.92 Å². The fourth-order valence-electron chi connectivity index (χ4n) is 3.30. The van der Waals surface area contributed by atoms with Crippen LogP contribution in [-0.2, 0) is 16.1 Å². The molecule has 0 radical (unpaired) electrons. The number of nitrogens with one attached hydrogen (secondary N) is 3. The second kappa shape index (κ2) is 8.13. The van der Waals surface area contributed by atoms with E-state index in [0.29, 0.717) is 13.1 Å². The second-order valence-electron chi connectivity index (χ2n) is 6.46. The summed E-state index contributed by atoms with van der Waals surface area (Å²) in [5, 5.41) is 6.06. The summed E-state index contributed by atoms with van der Waals surface area (Å²) in [5.74, 6) is -0.105. The first kappa shape index (κ1) is 17.4. The molecule has 2 aromatic rings. The summed E-state index contributed by atoms with van der Waals surface area (Å²) in [6, 6.07) is 10.0. The van der Waals surface area contributed by atoms with Crippen LogP contribution in [-0.4, -0.2) is 43.7 Å². The smallest absolute Gasteiger partial charge is 0.226 e. The second-order valence-corrected chi connectivity index (χ2v) is 7.30. The molecule has 2 saturated heterocycles. The Morgan fingerprint density at radius 3 is 2.92 bits per heavy atom. The number of hydrogen-bond acceptors (Lipinski definition) is 7. The third kappa shape index (κ3) is 3.88. The molecule has 2 unspecified atom stereocenters. The lowest BCUT2D eigenvalue weighted by Crippen LogP contribution is -2.36. The van der Waals surface area contributed by atoms with Gasteiger partial charge in [-0.2, -0.15) is 0 Å². The molecule has 2 aliphatic rings. The maximum absolute atomic E-state index is 12.7. The Labute approximate surface area is 156 Å². The lowest BCUT2D eigenvalue weighted by Gasteiger charge is -2.26. The fourth-order valence-corrected chi connectivity index (χ4v) is 4.18. The number of rotatable bonds is 5. The minimum absolute atomic E-state index is 0.0180. The molecule has 26 heavy (non-hydrogen) atoms. The molecular formula is C18H23N5O2S. The number of carbonyl (C=O) groups is 1. The Morgan fingerprint density at radius 2 is 2.12 bits per heavy atom. The third-order valence-electron chi connectivity index (χ3n) is 4.74. The minimum Gasteiger partial charge on any atom is -0.378 e. The molecule has 0 spiro atoms. The molecule has 4 rings (SSSR count). The molecule has 7 nitrogen and oxygen atoms in total. The summed E-state index contributed by atoms with van der Waals surface area (Å²) < 4.78 is 5.38. The number of hydrazine groups is 1. The first-order valence-electron chi connectivity index (χ1n) is 8.89. The van der Waals surface area contributed by atoms with E-state index in [9.17, 15) is 4.79 Å². The molecule has 3 N–H and O–H groups in total. The van der Waals surface area contributed by atoms with Crippen LogP contribution in [0.4, 0.5) is 5.13 Å². The van der Waals surface area contributed by atoms with Gasteiger partial charge in [-0.05, 0) is 5.56 Å². The van der Waals surface area contributed by atoms with Crippen molar-refractivity contribution in [2.45, 2.75) is 12.6 Å². The van der Waals surface area contributed by atoms with Gasteiger partial charge in [0.2, 0.25) is 5.91 Å². The van der Waals surface area contributed by atoms with Crippen LogP contribution in [0.15, 0.2) is 35.7 Å². The molecule has 138 valence electrons. The highest BCUT2D eigenvalue weighted by Gasteiger charge is 2.33. The van der Waals surface area contributed by atoms with Gasteiger partial charge in [0.25, 0.3) is 0 Å². The van der Waals surface area contributed by atoms with E-state index in [2.05, 4.69) is 26.1 Å². The van der Waals surface area contributed by atoms with Crippen LogP contribution in [0.3, 0.4) is 0 Å². The Balaban J connectivity index is 1.34. The molecule has 2 atom stereocenters. The predicted octanol–water partition coefficient (Wildman–Crippen LogP) is 1.06. The van der Waals surface area contributed by atoms with Crippen LogP contribution in [0.25, 0.3) is 0 Å². The summed E-state index contributed by atoms with van der Waals surface area (Å²) in [5.41, 5.74) is 8.33. The molecule has 1 aromatic heterocycles. The highest BCUT2D eigenvalue weighted by atomic mass is 32.1. The maximum atomic E-state index is 12.7. The number of thiazole rings is 1. The normalized spacial score (nSPS) is 23.2. The quantitative estimate of drug-likeness (QED) is 0.728. The summed E-state index contributed by atoms with van der Waals surface area (Å²) in [6.07, 6.45) is 0. The van der Waals surface area contributed by atoms with Gasteiger partial charge in [-0.1, -0.05) is 30.3 Å². The zero-order chi connectivity index (χ0) is 17.8. The van der Waals surface area contributed by atoms with Crippen molar-refractivity contribution in [3.8, 4) is 0 Å². The van der Waals surface area contributed by atoms with E-state index in [1.54, 1.807) is 11.3 Å². The Kier molecular flexibility index (Phi) is 5.45. The molecule has 3 heterocycles. The molecule has 1 amide bonds. The highest BCUT2D eigenvalue weighted by Crippen LogP contribution is 2.25. The van der Waals surface area contributed by atoms with E-state index in [-0.39, 0.29) is 17.9 Å². The van der Waals surface area contributed by atoms with Crippen LogP contribution in [0.1, 0.15) is 17.3 Å². The van der Waals surface area contributed by atoms with Crippen molar-refractivity contribution >= 4 is 22.4 Å². The van der Waals surface area contributed by atoms with Crippen molar-refractivity contribution in [3.63, 3.8) is 0 Å². The van der Waals surface area contributed by atoms with E-state index >= 15 is 0 Å². The molecule has 0 saturated carbocycles. The number of carbonyl (C=O) groups excluding carboxylic acids is 1. The summed E-state index contributed by atoms with van der Waals surface area (Å²) in [4.78, 5) is 19.6. The monoisotopic (exact) mass is 373 g/mol. The average Bonchev–Trinajstić information content (AvgIpc) is 3.37. The zero-order valence-corrected chi connectivity index (χ0v) is 15.3. The Bertz CT molecular complexity index is 732. The van der Waals surface area contributed by atoms with Crippen molar-refractivity contribution in [2.75, 3.05) is 37.7 Å². The highest BCUT2D eigenvalue weighted by molar-refractivity contribution is 7.13. The Morgan fingerprint density at radius 1 is 1.31 bits per heavy atom. The van der Waals surface area contributed by atoms with E-state index in [1.807, 2.05) is 35.7 Å². The maximum Gasteiger partial charge on any atom is 0.226 e. The molecule has 1 aromatic carbocycles.